The minimum Gasteiger partial charge on any atom is -0.341 e. The van der Waals surface area contributed by atoms with Gasteiger partial charge in [-0.25, -0.2) is 0 Å². The zero-order valence-corrected chi connectivity index (χ0v) is 13.5. The van der Waals surface area contributed by atoms with Gasteiger partial charge in [-0.15, -0.1) is 0 Å². The summed E-state index contributed by atoms with van der Waals surface area (Å²) in [5, 5.41) is 0. The third-order valence-electron chi connectivity index (χ3n) is 4.99. The van der Waals surface area contributed by atoms with E-state index in [2.05, 4.69) is 0 Å². The van der Waals surface area contributed by atoms with Crippen LogP contribution in [0.5, 0.6) is 0 Å². The average molecular weight is 294 g/mol. The lowest BCUT2D eigenvalue weighted by molar-refractivity contribution is -0.133. The SMILES string of the molecule is CCC(=O)N1CCCN(C(=O)CCC2CCCCC2)CC1. The van der Waals surface area contributed by atoms with Gasteiger partial charge in [-0.1, -0.05) is 39.0 Å². The van der Waals surface area contributed by atoms with Gasteiger partial charge in [-0.3, -0.25) is 9.59 Å². The normalized spacial score (nSPS) is 21.2. The largest absolute Gasteiger partial charge is 0.341 e. The van der Waals surface area contributed by atoms with Gasteiger partial charge in [0.15, 0.2) is 0 Å². The summed E-state index contributed by atoms with van der Waals surface area (Å²) in [6.07, 6.45) is 9.93. The summed E-state index contributed by atoms with van der Waals surface area (Å²) in [6.45, 7) is 4.95. The quantitative estimate of drug-likeness (QED) is 0.800. The van der Waals surface area contributed by atoms with Crippen LogP contribution < -0.4 is 0 Å². The molecule has 2 fully saturated rings. The van der Waals surface area contributed by atoms with E-state index in [0.717, 1.165) is 38.4 Å². The van der Waals surface area contributed by atoms with Crippen molar-refractivity contribution in [2.75, 3.05) is 26.2 Å². The molecule has 0 spiro atoms. The summed E-state index contributed by atoms with van der Waals surface area (Å²) in [7, 11) is 0. The van der Waals surface area contributed by atoms with Crippen LogP contribution in [0.15, 0.2) is 0 Å². The van der Waals surface area contributed by atoms with Gasteiger partial charge in [0.2, 0.25) is 11.8 Å². The molecule has 0 N–H and O–H groups in total. The molecule has 0 radical (unpaired) electrons. The van der Waals surface area contributed by atoms with Crippen molar-refractivity contribution >= 4 is 11.8 Å². The number of rotatable bonds is 4. The van der Waals surface area contributed by atoms with Gasteiger partial charge in [0, 0.05) is 39.0 Å². The molecule has 1 heterocycles. The number of carbonyl (C=O) groups excluding carboxylic acids is 2. The van der Waals surface area contributed by atoms with Gasteiger partial charge in [0.1, 0.15) is 0 Å². The van der Waals surface area contributed by atoms with Crippen LogP contribution in [-0.4, -0.2) is 47.8 Å². The highest BCUT2D eigenvalue weighted by Gasteiger charge is 2.22. The van der Waals surface area contributed by atoms with E-state index in [1.54, 1.807) is 0 Å². The molecule has 4 heteroatoms. The number of carbonyl (C=O) groups is 2. The molecule has 2 rings (SSSR count). The van der Waals surface area contributed by atoms with Crippen molar-refractivity contribution < 1.29 is 9.59 Å². The first-order valence-electron chi connectivity index (χ1n) is 8.76. The lowest BCUT2D eigenvalue weighted by Crippen LogP contribution is -2.37. The fourth-order valence-corrected chi connectivity index (χ4v) is 3.60. The lowest BCUT2D eigenvalue weighted by Gasteiger charge is -2.24. The first kappa shape index (κ1) is 16.3. The second kappa shape index (κ2) is 8.40. The topological polar surface area (TPSA) is 40.6 Å². The smallest absolute Gasteiger partial charge is 0.222 e. The van der Waals surface area contributed by atoms with Gasteiger partial charge in [-0.05, 0) is 18.8 Å². The van der Waals surface area contributed by atoms with Gasteiger partial charge in [0.05, 0.1) is 0 Å². The highest BCUT2D eigenvalue weighted by Crippen LogP contribution is 2.27. The van der Waals surface area contributed by atoms with Crippen molar-refractivity contribution in [3.05, 3.63) is 0 Å². The summed E-state index contributed by atoms with van der Waals surface area (Å²) in [4.78, 5) is 28.0. The molecule has 2 amide bonds. The number of hydrogen-bond donors (Lipinski definition) is 0. The highest BCUT2D eigenvalue weighted by molar-refractivity contribution is 5.77. The molecule has 1 aliphatic carbocycles. The van der Waals surface area contributed by atoms with Crippen molar-refractivity contribution in [2.24, 2.45) is 5.92 Å². The molecule has 0 aromatic heterocycles. The standard InChI is InChI=1S/C17H30N2O2/c1-2-16(20)18-11-6-12-19(14-13-18)17(21)10-9-15-7-4-3-5-8-15/h15H,2-14H2,1H3. The Labute approximate surface area is 128 Å². The van der Waals surface area contributed by atoms with E-state index in [1.807, 2.05) is 16.7 Å². The maximum Gasteiger partial charge on any atom is 0.222 e. The lowest BCUT2D eigenvalue weighted by atomic mass is 9.86. The van der Waals surface area contributed by atoms with Crippen LogP contribution in [0.1, 0.15) is 64.7 Å². The molecule has 4 nitrogen and oxygen atoms in total. The Morgan fingerprint density at radius 2 is 1.48 bits per heavy atom. The maximum atomic E-state index is 12.4. The first-order chi connectivity index (χ1) is 10.2. The molecule has 1 aliphatic heterocycles. The highest BCUT2D eigenvalue weighted by atomic mass is 16.2. The van der Waals surface area contributed by atoms with Crippen LogP contribution in [0.3, 0.4) is 0 Å². The van der Waals surface area contributed by atoms with Crippen molar-refractivity contribution in [2.45, 2.75) is 64.7 Å². The molecule has 1 saturated heterocycles. The fraction of sp³-hybridized carbons (Fsp3) is 0.882. The predicted molar refractivity (Wildman–Crippen MR) is 83.9 cm³/mol. The summed E-state index contributed by atoms with van der Waals surface area (Å²) in [5.74, 6) is 1.28. The van der Waals surface area contributed by atoms with Gasteiger partial charge in [0.25, 0.3) is 0 Å². The van der Waals surface area contributed by atoms with Crippen molar-refractivity contribution in [1.82, 2.24) is 9.80 Å². The van der Waals surface area contributed by atoms with Gasteiger partial charge >= 0.3 is 0 Å². The zero-order valence-electron chi connectivity index (χ0n) is 13.5. The number of amides is 2. The maximum absolute atomic E-state index is 12.4. The molecule has 0 atom stereocenters. The predicted octanol–water partition coefficient (Wildman–Crippen LogP) is 2.82. The van der Waals surface area contributed by atoms with Crippen molar-refractivity contribution in [3.8, 4) is 0 Å². The van der Waals surface area contributed by atoms with Crippen LogP contribution >= 0.6 is 0 Å². The monoisotopic (exact) mass is 294 g/mol. The molecular formula is C17H30N2O2. The Kier molecular flexibility index (Phi) is 6.52. The Hall–Kier alpha value is -1.06. The zero-order chi connectivity index (χ0) is 15.1. The number of nitrogens with zero attached hydrogens (tertiary/aromatic N) is 2. The van der Waals surface area contributed by atoms with Gasteiger partial charge < -0.3 is 9.80 Å². The second-order valence-corrected chi connectivity index (χ2v) is 6.51. The van der Waals surface area contributed by atoms with E-state index in [0.29, 0.717) is 25.3 Å². The van der Waals surface area contributed by atoms with E-state index in [4.69, 9.17) is 0 Å². The van der Waals surface area contributed by atoms with E-state index >= 15 is 0 Å². The Bertz CT molecular complexity index is 351. The average Bonchev–Trinajstić information content (AvgIpc) is 2.79. The fourth-order valence-electron chi connectivity index (χ4n) is 3.60. The molecule has 120 valence electrons. The van der Waals surface area contributed by atoms with Crippen molar-refractivity contribution in [1.29, 1.82) is 0 Å². The molecule has 0 aromatic carbocycles. The summed E-state index contributed by atoms with van der Waals surface area (Å²) in [6, 6.07) is 0. The Morgan fingerprint density at radius 1 is 0.857 bits per heavy atom. The van der Waals surface area contributed by atoms with Crippen molar-refractivity contribution in [3.63, 3.8) is 0 Å². The Morgan fingerprint density at radius 3 is 2.10 bits per heavy atom. The molecule has 0 unspecified atom stereocenters. The van der Waals surface area contributed by atoms with E-state index in [-0.39, 0.29) is 5.91 Å². The molecule has 0 bridgehead atoms. The third kappa shape index (κ3) is 5.01. The second-order valence-electron chi connectivity index (χ2n) is 6.51. The minimum atomic E-state index is 0.214. The van der Waals surface area contributed by atoms with E-state index in [9.17, 15) is 9.59 Å². The molecule has 1 saturated carbocycles. The van der Waals surface area contributed by atoms with Crippen LogP contribution in [0.25, 0.3) is 0 Å². The first-order valence-corrected chi connectivity index (χ1v) is 8.76. The Balaban J connectivity index is 1.73. The summed E-state index contributed by atoms with van der Waals surface area (Å²) < 4.78 is 0. The molecular weight excluding hydrogens is 264 g/mol. The molecule has 21 heavy (non-hydrogen) atoms. The third-order valence-corrected chi connectivity index (χ3v) is 4.99. The van der Waals surface area contributed by atoms with Crippen LogP contribution in [0.4, 0.5) is 0 Å². The van der Waals surface area contributed by atoms with Crippen LogP contribution in [-0.2, 0) is 9.59 Å². The molecule has 2 aliphatic rings. The van der Waals surface area contributed by atoms with E-state index < -0.39 is 0 Å². The minimum absolute atomic E-state index is 0.214. The van der Waals surface area contributed by atoms with Gasteiger partial charge in [-0.2, -0.15) is 0 Å². The summed E-state index contributed by atoms with van der Waals surface area (Å²) >= 11 is 0. The molecule has 0 aromatic rings. The number of hydrogen-bond acceptors (Lipinski definition) is 2. The van der Waals surface area contributed by atoms with E-state index in [1.165, 1.54) is 32.1 Å². The summed E-state index contributed by atoms with van der Waals surface area (Å²) in [5.41, 5.74) is 0. The van der Waals surface area contributed by atoms with Crippen LogP contribution in [0, 0.1) is 5.92 Å². The van der Waals surface area contributed by atoms with Crippen LogP contribution in [0.2, 0.25) is 0 Å².